The third-order valence-corrected chi connectivity index (χ3v) is 2.83. The summed E-state index contributed by atoms with van der Waals surface area (Å²) in [6.45, 7) is 2.86. The van der Waals surface area contributed by atoms with Crippen molar-refractivity contribution in [2.75, 3.05) is 6.61 Å². The van der Waals surface area contributed by atoms with Gasteiger partial charge in [-0.05, 0) is 18.1 Å². The fourth-order valence-corrected chi connectivity index (χ4v) is 1.73. The monoisotopic (exact) mass is 261 g/mol. The largest absolute Gasteiger partial charge is 0.477 e. The number of rotatable bonds is 7. The lowest BCUT2D eigenvalue weighted by Crippen LogP contribution is -2.00. The first-order valence-electron chi connectivity index (χ1n) is 5.61. The van der Waals surface area contributed by atoms with E-state index in [4.69, 9.17) is 27.9 Å². The molecule has 0 atom stereocenters. The first-order valence-corrected chi connectivity index (χ1v) is 6.52. The average Bonchev–Trinajstić information content (AvgIpc) is 2.30. The predicted octanol–water partition coefficient (Wildman–Crippen LogP) is 4.43. The summed E-state index contributed by atoms with van der Waals surface area (Å²) in [6.07, 6.45) is 6.40. The minimum atomic E-state index is 0.420. The maximum atomic E-state index is 6.00. The minimum absolute atomic E-state index is 0.420. The number of ether oxygens (including phenoxy) is 1. The van der Waals surface area contributed by atoms with Crippen molar-refractivity contribution in [3.05, 3.63) is 22.8 Å². The fourth-order valence-electron chi connectivity index (χ4n) is 1.34. The Balaban J connectivity index is 2.36. The van der Waals surface area contributed by atoms with E-state index in [0.717, 1.165) is 12.0 Å². The summed E-state index contributed by atoms with van der Waals surface area (Å²) in [5.41, 5.74) is 0.907. The Morgan fingerprint density at radius 1 is 1.31 bits per heavy atom. The second-order valence-corrected chi connectivity index (χ2v) is 4.35. The lowest BCUT2D eigenvalue weighted by Gasteiger charge is -2.07. The molecule has 0 unspecified atom stereocenters. The maximum absolute atomic E-state index is 6.00. The van der Waals surface area contributed by atoms with E-state index in [1.807, 2.05) is 0 Å². The van der Waals surface area contributed by atoms with Crippen molar-refractivity contribution < 1.29 is 4.74 Å². The summed E-state index contributed by atoms with van der Waals surface area (Å²) in [7, 11) is 0. The van der Waals surface area contributed by atoms with Crippen LogP contribution in [0.5, 0.6) is 5.88 Å². The molecule has 4 heteroatoms. The first kappa shape index (κ1) is 13.6. The van der Waals surface area contributed by atoms with Crippen molar-refractivity contribution in [1.29, 1.82) is 0 Å². The van der Waals surface area contributed by atoms with Gasteiger partial charge in [-0.15, -0.1) is 11.6 Å². The normalized spacial score (nSPS) is 10.4. The summed E-state index contributed by atoms with van der Waals surface area (Å²) >= 11 is 11.7. The van der Waals surface area contributed by atoms with Crippen LogP contribution in [0.2, 0.25) is 5.02 Å². The second kappa shape index (κ2) is 7.75. The van der Waals surface area contributed by atoms with Crippen molar-refractivity contribution in [3.8, 4) is 5.88 Å². The van der Waals surface area contributed by atoms with Gasteiger partial charge in [-0.2, -0.15) is 0 Å². The van der Waals surface area contributed by atoms with E-state index in [0.29, 0.717) is 23.4 Å². The van der Waals surface area contributed by atoms with E-state index in [2.05, 4.69) is 11.9 Å². The molecule has 0 N–H and O–H groups in total. The highest BCUT2D eigenvalue weighted by Gasteiger charge is 2.04. The maximum Gasteiger partial charge on any atom is 0.232 e. The van der Waals surface area contributed by atoms with Crippen LogP contribution in [-0.2, 0) is 5.88 Å². The van der Waals surface area contributed by atoms with Crippen molar-refractivity contribution in [2.45, 2.75) is 38.5 Å². The van der Waals surface area contributed by atoms with Gasteiger partial charge in [-0.3, -0.25) is 0 Å². The topological polar surface area (TPSA) is 22.1 Å². The van der Waals surface area contributed by atoms with Gasteiger partial charge in [0, 0.05) is 12.1 Å². The standard InChI is InChI=1S/C12H17Cl2NO/c1-2-3-4-5-6-16-12-11(14)7-10(8-13)9-15-12/h7,9H,2-6,8H2,1H3. The highest BCUT2D eigenvalue weighted by Crippen LogP contribution is 2.23. The number of hydrogen-bond donors (Lipinski definition) is 0. The average molecular weight is 262 g/mol. The molecule has 0 aliphatic carbocycles. The van der Waals surface area contributed by atoms with Crippen LogP contribution in [0.3, 0.4) is 0 Å². The zero-order valence-electron chi connectivity index (χ0n) is 9.51. The molecule has 1 aromatic heterocycles. The molecule has 0 aliphatic heterocycles. The fraction of sp³-hybridized carbons (Fsp3) is 0.583. The number of halogens is 2. The summed E-state index contributed by atoms with van der Waals surface area (Å²) in [5, 5.41) is 0.536. The first-order chi connectivity index (χ1) is 7.77. The Bertz CT molecular complexity index is 318. The molecule has 0 radical (unpaired) electrons. The third kappa shape index (κ3) is 4.58. The van der Waals surface area contributed by atoms with Crippen LogP contribution in [0, 0.1) is 0 Å². The molecule has 1 rings (SSSR count). The van der Waals surface area contributed by atoms with Crippen LogP contribution in [0.25, 0.3) is 0 Å². The highest BCUT2D eigenvalue weighted by molar-refractivity contribution is 6.32. The van der Waals surface area contributed by atoms with E-state index >= 15 is 0 Å². The molecule has 0 aliphatic rings. The molecule has 0 aromatic carbocycles. The van der Waals surface area contributed by atoms with Gasteiger partial charge >= 0.3 is 0 Å². The van der Waals surface area contributed by atoms with Crippen LogP contribution in [-0.4, -0.2) is 11.6 Å². The lowest BCUT2D eigenvalue weighted by atomic mass is 10.2. The molecule has 0 fully saturated rings. The van der Waals surface area contributed by atoms with Gasteiger partial charge in [0.15, 0.2) is 0 Å². The molecular weight excluding hydrogens is 245 g/mol. The number of unbranched alkanes of at least 4 members (excludes halogenated alkanes) is 3. The molecule has 1 heterocycles. The van der Waals surface area contributed by atoms with Gasteiger partial charge in [-0.25, -0.2) is 4.98 Å². The van der Waals surface area contributed by atoms with Crippen LogP contribution in [0.1, 0.15) is 38.2 Å². The van der Waals surface area contributed by atoms with Crippen molar-refractivity contribution >= 4 is 23.2 Å². The van der Waals surface area contributed by atoms with E-state index < -0.39 is 0 Å². The smallest absolute Gasteiger partial charge is 0.232 e. The summed E-state index contributed by atoms with van der Waals surface area (Å²) < 4.78 is 5.50. The predicted molar refractivity (Wildman–Crippen MR) is 68.4 cm³/mol. The zero-order valence-corrected chi connectivity index (χ0v) is 11.0. The number of alkyl halides is 1. The highest BCUT2D eigenvalue weighted by atomic mass is 35.5. The number of pyridine rings is 1. The number of nitrogens with zero attached hydrogens (tertiary/aromatic N) is 1. The summed E-state index contributed by atoms with van der Waals surface area (Å²) in [4.78, 5) is 4.13. The van der Waals surface area contributed by atoms with E-state index in [1.54, 1.807) is 12.3 Å². The summed E-state index contributed by atoms with van der Waals surface area (Å²) in [6, 6.07) is 1.79. The summed E-state index contributed by atoms with van der Waals surface area (Å²) in [5.74, 6) is 0.927. The molecule has 0 spiro atoms. The molecule has 90 valence electrons. The quantitative estimate of drug-likeness (QED) is 0.535. The van der Waals surface area contributed by atoms with E-state index in [1.165, 1.54) is 19.3 Å². The van der Waals surface area contributed by atoms with Gasteiger partial charge in [0.2, 0.25) is 5.88 Å². The molecule has 0 bridgehead atoms. The molecule has 2 nitrogen and oxygen atoms in total. The number of aromatic nitrogens is 1. The molecule has 0 amide bonds. The van der Waals surface area contributed by atoms with E-state index in [9.17, 15) is 0 Å². The van der Waals surface area contributed by atoms with Crippen LogP contribution in [0.15, 0.2) is 12.3 Å². The SMILES string of the molecule is CCCCCCOc1ncc(CCl)cc1Cl. The Hall–Kier alpha value is -0.470. The minimum Gasteiger partial charge on any atom is -0.477 e. The molecular formula is C12H17Cl2NO. The van der Waals surface area contributed by atoms with Gasteiger partial charge in [0.05, 0.1) is 6.61 Å². The van der Waals surface area contributed by atoms with Crippen LogP contribution >= 0.6 is 23.2 Å². The van der Waals surface area contributed by atoms with Crippen LogP contribution in [0.4, 0.5) is 0 Å². The van der Waals surface area contributed by atoms with E-state index in [-0.39, 0.29) is 0 Å². The lowest BCUT2D eigenvalue weighted by molar-refractivity contribution is 0.294. The van der Waals surface area contributed by atoms with Crippen LogP contribution < -0.4 is 4.74 Å². The molecule has 1 aromatic rings. The Morgan fingerprint density at radius 3 is 2.75 bits per heavy atom. The molecule has 16 heavy (non-hydrogen) atoms. The van der Waals surface area contributed by atoms with Crippen molar-refractivity contribution in [2.24, 2.45) is 0 Å². The van der Waals surface area contributed by atoms with Gasteiger partial charge < -0.3 is 4.74 Å². The molecule has 0 saturated carbocycles. The third-order valence-electron chi connectivity index (χ3n) is 2.26. The van der Waals surface area contributed by atoms with Crippen molar-refractivity contribution in [3.63, 3.8) is 0 Å². The number of hydrogen-bond acceptors (Lipinski definition) is 2. The molecule has 0 saturated heterocycles. The Morgan fingerprint density at radius 2 is 2.12 bits per heavy atom. The van der Waals surface area contributed by atoms with Gasteiger partial charge in [-0.1, -0.05) is 37.8 Å². The zero-order chi connectivity index (χ0) is 11.8. The van der Waals surface area contributed by atoms with Gasteiger partial charge in [0.25, 0.3) is 0 Å². The van der Waals surface area contributed by atoms with Gasteiger partial charge in [0.1, 0.15) is 5.02 Å². The Kier molecular flexibility index (Phi) is 6.58. The second-order valence-electron chi connectivity index (χ2n) is 3.67. The van der Waals surface area contributed by atoms with Crippen molar-refractivity contribution in [1.82, 2.24) is 4.98 Å². The Labute approximate surface area is 107 Å².